The first-order chi connectivity index (χ1) is 13.9. The number of carbonyl (C=O) groups is 2. The molecule has 2 aromatic carbocycles. The van der Waals surface area contributed by atoms with Crippen LogP contribution in [-0.4, -0.2) is 31.2 Å². The first-order valence-corrected chi connectivity index (χ1v) is 9.22. The van der Waals surface area contributed by atoms with Gasteiger partial charge in [-0.2, -0.15) is 0 Å². The average molecular weight is 407 g/mol. The zero-order chi connectivity index (χ0) is 21.4. The van der Waals surface area contributed by atoms with Crippen LogP contribution in [-0.2, 0) is 9.53 Å². The number of para-hydroxylation sites is 1. The Morgan fingerprint density at radius 1 is 1.03 bits per heavy atom. The lowest BCUT2D eigenvalue weighted by Gasteiger charge is -2.16. The SMILES string of the molecule is CCCOc1ccc(C(=O)O[C@@H](C)C(=O)Nc2c(F)cccc2F)cc1OCC. The van der Waals surface area contributed by atoms with Gasteiger partial charge in [0, 0.05) is 0 Å². The second-order valence-electron chi connectivity index (χ2n) is 6.08. The normalized spacial score (nSPS) is 11.5. The van der Waals surface area contributed by atoms with E-state index in [1.165, 1.54) is 25.1 Å². The number of amides is 1. The summed E-state index contributed by atoms with van der Waals surface area (Å²) in [6.07, 6.45) is -0.474. The summed E-state index contributed by atoms with van der Waals surface area (Å²) in [5, 5.41) is 2.09. The van der Waals surface area contributed by atoms with Crippen LogP contribution in [0, 0.1) is 11.6 Å². The molecule has 1 atom stereocenters. The van der Waals surface area contributed by atoms with Crippen molar-refractivity contribution in [2.75, 3.05) is 18.5 Å². The van der Waals surface area contributed by atoms with Crippen molar-refractivity contribution in [2.24, 2.45) is 0 Å². The minimum atomic E-state index is -1.28. The van der Waals surface area contributed by atoms with Crippen molar-refractivity contribution >= 4 is 17.6 Å². The summed E-state index contributed by atoms with van der Waals surface area (Å²) < 4.78 is 43.5. The fraction of sp³-hybridized carbons (Fsp3) is 0.333. The van der Waals surface area contributed by atoms with Crippen LogP contribution in [0.1, 0.15) is 37.6 Å². The van der Waals surface area contributed by atoms with E-state index in [0.717, 1.165) is 18.6 Å². The van der Waals surface area contributed by atoms with E-state index in [0.29, 0.717) is 24.7 Å². The topological polar surface area (TPSA) is 73.9 Å². The molecule has 0 saturated carbocycles. The molecule has 156 valence electrons. The molecule has 8 heteroatoms. The van der Waals surface area contributed by atoms with Gasteiger partial charge in [0.05, 0.1) is 18.8 Å². The van der Waals surface area contributed by atoms with E-state index >= 15 is 0 Å². The number of rotatable bonds is 9. The lowest BCUT2D eigenvalue weighted by Crippen LogP contribution is -2.30. The molecule has 2 aromatic rings. The third kappa shape index (κ3) is 5.91. The quantitative estimate of drug-likeness (QED) is 0.626. The Hall–Kier alpha value is -3.16. The highest BCUT2D eigenvalue weighted by molar-refractivity contribution is 5.97. The number of hydrogen-bond acceptors (Lipinski definition) is 5. The number of carbonyl (C=O) groups excluding carboxylic acids is 2. The molecule has 0 radical (unpaired) electrons. The molecular formula is C21H23F2NO5. The summed E-state index contributed by atoms with van der Waals surface area (Å²) in [6.45, 7) is 5.92. The van der Waals surface area contributed by atoms with Crippen molar-refractivity contribution in [1.29, 1.82) is 0 Å². The van der Waals surface area contributed by atoms with Gasteiger partial charge in [0.25, 0.3) is 5.91 Å². The molecule has 1 N–H and O–H groups in total. The van der Waals surface area contributed by atoms with Gasteiger partial charge in [0.1, 0.15) is 17.3 Å². The first-order valence-electron chi connectivity index (χ1n) is 9.22. The molecule has 0 aromatic heterocycles. The van der Waals surface area contributed by atoms with Gasteiger partial charge in [-0.25, -0.2) is 13.6 Å². The Morgan fingerprint density at radius 3 is 2.34 bits per heavy atom. The number of ether oxygens (including phenoxy) is 3. The molecule has 0 unspecified atom stereocenters. The smallest absolute Gasteiger partial charge is 0.339 e. The zero-order valence-electron chi connectivity index (χ0n) is 16.5. The maximum absolute atomic E-state index is 13.7. The fourth-order valence-corrected chi connectivity index (χ4v) is 2.36. The third-order valence-corrected chi connectivity index (χ3v) is 3.80. The second-order valence-corrected chi connectivity index (χ2v) is 6.08. The summed E-state index contributed by atoms with van der Waals surface area (Å²) >= 11 is 0. The van der Waals surface area contributed by atoms with Crippen molar-refractivity contribution in [3.05, 3.63) is 53.6 Å². The molecule has 0 bridgehead atoms. The molecule has 29 heavy (non-hydrogen) atoms. The number of benzene rings is 2. The first kappa shape index (κ1) is 22.1. The number of nitrogens with one attached hydrogen (secondary N) is 1. The van der Waals surface area contributed by atoms with Gasteiger partial charge in [0.2, 0.25) is 0 Å². The molecule has 0 fully saturated rings. The standard InChI is InChI=1S/C21H23F2NO5/c1-4-11-28-17-10-9-14(12-18(17)27-5-2)21(26)29-13(3)20(25)24-19-15(22)7-6-8-16(19)23/h6-10,12-13H,4-5,11H2,1-3H3,(H,24,25)/t13-/m0/s1. The number of esters is 1. The predicted molar refractivity (Wildman–Crippen MR) is 103 cm³/mol. The van der Waals surface area contributed by atoms with Gasteiger partial charge in [-0.1, -0.05) is 13.0 Å². The van der Waals surface area contributed by atoms with Crippen LogP contribution in [0.15, 0.2) is 36.4 Å². The van der Waals surface area contributed by atoms with Crippen molar-refractivity contribution in [3.63, 3.8) is 0 Å². The Bertz CT molecular complexity index is 852. The number of halogens is 2. The van der Waals surface area contributed by atoms with Gasteiger partial charge in [-0.05, 0) is 50.6 Å². The van der Waals surface area contributed by atoms with Gasteiger partial charge in [0.15, 0.2) is 17.6 Å². The lowest BCUT2D eigenvalue weighted by molar-refractivity contribution is -0.123. The molecule has 0 aliphatic carbocycles. The second kappa shape index (κ2) is 10.4. The summed E-state index contributed by atoms with van der Waals surface area (Å²) in [5.41, 5.74) is -0.453. The lowest BCUT2D eigenvalue weighted by atomic mass is 10.2. The van der Waals surface area contributed by atoms with Crippen molar-refractivity contribution in [1.82, 2.24) is 0 Å². The minimum absolute atomic E-state index is 0.147. The molecule has 0 aliphatic heterocycles. The molecular weight excluding hydrogens is 384 g/mol. The van der Waals surface area contributed by atoms with Crippen LogP contribution in [0.2, 0.25) is 0 Å². The monoisotopic (exact) mass is 407 g/mol. The molecule has 0 aliphatic rings. The van der Waals surface area contributed by atoms with Crippen LogP contribution in [0.25, 0.3) is 0 Å². The van der Waals surface area contributed by atoms with Crippen LogP contribution in [0.3, 0.4) is 0 Å². The number of hydrogen-bond donors (Lipinski definition) is 1. The average Bonchev–Trinajstić information content (AvgIpc) is 2.69. The van der Waals surface area contributed by atoms with E-state index in [4.69, 9.17) is 14.2 Å². The molecule has 1 amide bonds. The highest BCUT2D eigenvalue weighted by Gasteiger charge is 2.22. The Morgan fingerprint density at radius 2 is 1.72 bits per heavy atom. The van der Waals surface area contributed by atoms with E-state index in [1.807, 2.05) is 6.92 Å². The van der Waals surface area contributed by atoms with Crippen LogP contribution in [0.4, 0.5) is 14.5 Å². The van der Waals surface area contributed by atoms with Crippen molar-refractivity contribution in [3.8, 4) is 11.5 Å². The minimum Gasteiger partial charge on any atom is -0.490 e. The largest absolute Gasteiger partial charge is 0.490 e. The Labute approximate surface area is 167 Å². The summed E-state index contributed by atoms with van der Waals surface area (Å²) in [5.74, 6) is -2.64. The summed E-state index contributed by atoms with van der Waals surface area (Å²) in [7, 11) is 0. The van der Waals surface area contributed by atoms with E-state index < -0.39 is 35.3 Å². The zero-order valence-corrected chi connectivity index (χ0v) is 16.5. The summed E-state index contributed by atoms with van der Waals surface area (Å²) in [6, 6.07) is 7.71. The summed E-state index contributed by atoms with van der Waals surface area (Å²) in [4.78, 5) is 24.5. The molecule has 0 saturated heterocycles. The maximum atomic E-state index is 13.7. The van der Waals surface area contributed by atoms with E-state index in [2.05, 4.69) is 5.32 Å². The molecule has 0 spiro atoms. The van der Waals surface area contributed by atoms with E-state index in [-0.39, 0.29) is 5.56 Å². The molecule has 0 heterocycles. The highest BCUT2D eigenvalue weighted by Crippen LogP contribution is 2.29. The predicted octanol–water partition coefficient (Wildman–Crippen LogP) is 4.34. The van der Waals surface area contributed by atoms with Crippen LogP contribution >= 0.6 is 0 Å². The van der Waals surface area contributed by atoms with Crippen LogP contribution in [0.5, 0.6) is 11.5 Å². The molecule has 2 rings (SSSR count). The van der Waals surface area contributed by atoms with Gasteiger partial charge >= 0.3 is 5.97 Å². The Kier molecular flexibility index (Phi) is 7.94. The van der Waals surface area contributed by atoms with E-state index in [1.54, 1.807) is 13.0 Å². The number of anilines is 1. The van der Waals surface area contributed by atoms with Crippen LogP contribution < -0.4 is 14.8 Å². The van der Waals surface area contributed by atoms with Gasteiger partial charge in [-0.15, -0.1) is 0 Å². The maximum Gasteiger partial charge on any atom is 0.339 e. The Balaban J connectivity index is 2.08. The third-order valence-electron chi connectivity index (χ3n) is 3.80. The molecule has 6 nitrogen and oxygen atoms in total. The highest BCUT2D eigenvalue weighted by atomic mass is 19.1. The van der Waals surface area contributed by atoms with Crippen molar-refractivity contribution in [2.45, 2.75) is 33.3 Å². The van der Waals surface area contributed by atoms with Crippen molar-refractivity contribution < 1.29 is 32.6 Å². The van der Waals surface area contributed by atoms with Gasteiger partial charge in [-0.3, -0.25) is 4.79 Å². The van der Waals surface area contributed by atoms with E-state index in [9.17, 15) is 18.4 Å². The fourth-order valence-electron chi connectivity index (χ4n) is 2.36. The van der Waals surface area contributed by atoms with Gasteiger partial charge < -0.3 is 19.5 Å².